The highest BCUT2D eigenvalue weighted by Gasteiger charge is 1.98. The van der Waals surface area contributed by atoms with Crippen molar-refractivity contribution in [1.82, 2.24) is 0 Å². The van der Waals surface area contributed by atoms with Gasteiger partial charge in [0.05, 0.1) is 6.61 Å². The molecule has 0 aromatic heterocycles. The third kappa shape index (κ3) is 5.10. The first-order chi connectivity index (χ1) is 10.3. The molecule has 0 amide bonds. The minimum absolute atomic E-state index is 0.0167. The van der Waals surface area contributed by atoms with E-state index >= 15 is 0 Å². The van der Waals surface area contributed by atoms with Crippen LogP contribution in [0, 0.1) is 0 Å². The molecule has 0 spiro atoms. The molecule has 21 heavy (non-hydrogen) atoms. The average Bonchev–Trinajstić information content (AvgIpc) is 2.53. The largest absolute Gasteiger partial charge is 0.490 e. The van der Waals surface area contributed by atoms with Crippen LogP contribution in [-0.2, 0) is 13.0 Å². The van der Waals surface area contributed by atoms with Crippen molar-refractivity contribution in [2.75, 3.05) is 19.8 Å². The number of hydrogen-bond acceptors (Lipinski definition) is 4. The molecule has 0 aliphatic rings. The second-order valence-electron chi connectivity index (χ2n) is 4.69. The lowest BCUT2D eigenvalue weighted by Crippen LogP contribution is -2.09. The Hall–Kier alpha value is -2.04. The Morgan fingerprint density at radius 1 is 0.857 bits per heavy atom. The molecule has 0 radical (unpaired) electrons. The van der Waals surface area contributed by atoms with Gasteiger partial charge in [-0.3, -0.25) is 0 Å². The number of benzene rings is 2. The molecule has 0 unspecified atom stereocenters. The molecule has 0 heterocycles. The van der Waals surface area contributed by atoms with Crippen molar-refractivity contribution in [3.8, 4) is 11.5 Å². The van der Waals surface area contributed by atoms with Crippen molar-refractivity contribution in [2.24, 2.45) is 5.73 Å². The van der Waals surface area contributed by atoms with Gasteiger partial charge in [0, 0.05) is 0 Å². The number of aliphatic hydroxyl groups is 1. The summed E-state index contributed by atoms with van der Waals surface area (Å²) < 4.78 is 11.2. The predicted octanol–water partition coefficient (Wildman–Crippen LogP) is 2.14. The van der Waals surface area contributed by atoms with Gasteiger partial charge in [-0.1, -0.05) is 24.3 Å². The molecule has 2 aromatic rings. The van der Waals surface area contributed by atoms with E-state index < -0.39 is 0 Å². The summed E-state index contributed by atoms with van der Waals surface area (Å²) >= 11 is 0. The van der Waals surface area contributed by atoms with E-state index in [0.29, 0.717) is 19.8 Å². The second kappa shape index (κ2) is 8.29. The Bertz CT molecular complexity index is 540. The van der Waals surface area contributed by atoms with Crippen molar-refractivity contribution in [3.05, 3.63) is 59.7 Å². The number of nitrogens with two attached hydrogens (primary N) is 1. The topological polar surface area (TPSA) is 64.7 Å². The van der Waals surface area contributed by atoms with Gasteiger partial charge in [-0.25, -0.2) is 0 Å². The van der Waals surface area contributed by atoms with Crippen molar-refractivity contribution in [3.63, 3.8) is 0 Å². The van der Waals surface area contributed by atoms with E-state index in [0.717, 1.165) is 23.5 Å². The zero-order chi connectivity index (χ0) is 14.9. The third-order valence-electron chi connectivity index (χ3n) is 3.06. The molecule has 0 saturated carbocycles. The van der Waals surface area contributed by atoms with Crippen molar-refractivity contribution in [1.29, 1.82) is 0 Å². The summed E-state index contributed by atoms with van der Waals surface area (Å²) in [6, 6.07) is 15.3. The Morgan fingerprint density at radius 3 is 2.24 bits per heavy atom. The molecule has 2 aromatic carbocycles. The molecule has 0 bridgehead atoms. The zero-order valence-corrected chi connectivity index (χ0v) is 12.0. The van der Waals surface area contributed by atoms with Crippen LogP contribution < -0.4 is 15.2 Å². The molecule has 0 fully saturated rings. The van der Waals surface area contributed by atoms with Gasteiger partial charge >= 0.3 is 0 Å². The van der Waals surface area contributed by atoms with Crippen molar-refractivity contribution >= 4 is 0 Å². The summed E-state index contributed by atoms with van der Waals surface area (Å²) in [5.41, 5.74) is 7.56. The smallest absolute Gasteiger partial charge is 0.122 e. The maximum Gasteiger partial charge on any atom is 0.122 e. The van der Waals surface area contributed by atoms with E-state index in [9.17, 15) is 0 Å². The lowest BCUT2D eigenvalue weighted by atomic mass is 10.1. The molecule has 4 heteroatoms. The maximum atomic E-state index is 9.05. The Morgan fingerprint density at radius 2 is 1.57 bits per heavy atom. The highest BCUT2D eigenvalue weighted by atomic mass is 16.5. The Labute approximate surface area is 125 Å². The van der Waals surface area contributed by atoms with Crippen molar-refractivity contribution < 1.29 is 14.6 Å². The molecule has 2 rings (SSSR count). The van der Waals surface area contributed by atoms with E-state index in [1.165, 1.54) is 5.56 Å². The van der Waals surface area contributed by atoms with Crippen LogP contribution in [-0.4, -0.2) is 24.9 Å². The number of rotatable bonds is 8. The van der Waals surface area contributed by atoms with Gasteiger partial charge in [0.1, 0.15) is 24.7 Å². The molecule has 0 atom stereocenters. The average molecular weight is 287 g/mol. The lowest BCUT2D eigenvalue weighted by molar-refractivity contribution is 0.216. The first-order valence-electron chi connectivity index (χ1n) is 7.06. The maximum absolute atomic E-state index is 9.05. The summed E-state index contributed by atoms with van der Waals surface area (Å²) in [6.45, 7) is 1.60. The number of aliphatic hydroxyl groups excluding tert-OH is 1. The third-order valence-corrected chi connectivity index (χ3v) is 3.06. The molecule has 4 nitrogen and oxygen atoms in total. The summed E-state index contributed by atoms with van der Waals surface area (Å²) in [5.74, 6) is 1.56. The van der Waals surface area contributed by atoms with Gasteiger partial charge < -0.3 is 20.3 Å². The van der Waals surface area contributed by atoms with Gasteiger partial charge in [0.25, 0.3) is 0 Å². The minimum Gasteiger partial charge on any atom is -0.490 e. The standard InChI is InChI=1S/C17H21NO3/c18-9-8-14-4-6-16(7-5-14)20-10-11-21-17-3-1-2-15(12-17)13-19/h1-7,12,19H,8-11,13,18H2. The van der Waals surface area contributed by atoms with Crippen LogP contribution in [0.1, 0.15) is 11.1 Å². The fourth-order valence-corrected chi connectivity index (χ4v) is 1.97. The number of hydrogen-bond donors (Lipinski definition) is 2. The van der Waals surface area contributed by atoms with Gasteiger partial charge in [-0.05, 0) is 48.4 Å². The number of ether oxygens (including phenoxy) is 2. The highest BCUT2D eigenvalue weighted by Crippen LogP contribution is 2.14. The van der Waals surface area contributed by atoms with E-state index in [1.807, 2.05) is 48.5 Å². The van der Waals surface area contributed by atoms with Crippen LogP contribution in [0.25, 0.3) is 0 Å². The molecule has 3 N–H and O–H groups in total. The van der Waals surface area contributed by atoms with E-state index in [4.69, 9.17) is 20.3 Å². The van der Waals surface area contributed by atoms with E-state index in [1.54, 1.807) is 0 Å². The summed E-state index contributed by atoms with van der Waals surface area (Å²) in [4.78, 5) is 0. The summed E-state index contributed by atoms with van der Waals surface area (Å²) in [7, 11) is 0. The van der Waals surface area contributed by atoms with Crippen LogP contribution in [0.4, 0.5) is 0 Å². The van der Waals surface area contributed by atoms with Crippen LogP contribution in [0.15, 0.2) is 48.5 Å². The minimum atomic E-state index is 0.0167. The molecular formula is C17H21NO3. The van der Waals surface area contributed by atoms with Gasteiger partial charge in [0.15, 0.2) is 0 Å². The molecule has 112 valence electrons. The SMILES string of the molecule is NCCc1ccc(OCCOc2cccc(CO)c2)cc1. The van der Waals surface area contributed by atoms with Crippen LogP contribution >= 0.6 is 0 Å². The fraction of sp³-hybridized carbons (Fsp3) is 0.294. The second-order valence-corrected chi connectivity index (χ2v) is 4.69. The van der Waals surface area contributed by atoms with E-state index in [2.05, 4.69) is 0 Å². The fourth-order valence-electron chi connectivity index (χ4n) is 1.97. The Balaban J connectivity index is 1.73. The van der Waals surface area contributed by atoms with Crippen LogP contribution in [0.2, 0.25) is 0 Å². The van der Waals surface area contributed by atoms with Gasteiger partial charge in [-0.15, -0.1) is 0 Å². The summed E-state index contributed by atoms with van der Waals surface area (Å²) in [6.07, 6.45) is 0.880. The first-order valence-corrected chi connectivity index (χ1v) is 7.06. The van der Waals surface area contributed by atoms with Crippen molar-refractivity contribution in [2.45, 2.75) is 13.0 Å². The highest BCUT2D eigenvalue weighted by molar-refractivity contribution is 5.28. The van der Waals surface area contributed by atoms with Crippen LogP contribution in [0.5, 0.6) is 11.5 Å². The molecule has 0 aliphatic carbocycles. The first kappa shape index (κ1) is 15.4. The monoisotopic (exact) mass is 287 g/mol. The quantitative estimate of drug-likeness (QED) is 0.730. The predicted molar refractivity (Wildman–Crippen MR) is 82.6 cm³/mol. The van der Waals surface area contributed by atoms with Crippen LogP contribution in [0.3, 0.4) is 0 Å². The Kier molecular flexibility index (Phi) is 6.06. The zero-order valence-electron chi connectivity index (χ0n) is 12.0. The molecule has 0 aliphatic heterocycles. The molecular weight excluding hydrogens is 266 g/mol. The summed E-state index contributed by atoms with van der Waals surface area (Å²) in [5, 5.41) is 9.05. The van der Waals surface area contributed by atoms with Gasteiger partial charge in [-0.2, -0.15) is 0 Å². The molecule has 0 saturated heterocycles. The van der Waals surface area contributed by atoms with Gasteiger partial charge in [0.2, 0.25) is 0 Å². The normalized spacial score (nSPS) is 10.4. The lowest BCUT2D eigenvalue weighted by Gasteiger charge is -2.09. The van der Waals surface area contributed by atoms with E-state index in [-0.39, 0.29) is 6.61 Å².